The number of hydrogen-bond acceptors (Lipinski definition) is 8. The number of piperidine rings is 2. The van der Waals surface area contributed by atoms with Gasteiger partial charge in [-0.1, -0.05) is 36.4 Å². The van der Waals surface area contributed by atoms with Gasteiger partial charge in [0.05, 0.1) is 0 Å². The van der Waals surface area contributed by atoms with Gasteiger partial charge < -0.3 is 30.7 Å². The van der Waals surface area contributed by atoms with E-state index in [0.717, 1.165) is 69.5 Å². The fourth-order valence-electron chi connectivity index (χ4n) is 7.38. The Morgan fingerprint density at radius 3 is 1.46 bits per heavy atom. The van der Waals surface area contributed by atoms with E-state index < -0.39 is 0 Å². The number of rotatable bonds is 2. The topological polar surface area (TPSA) is 168 Å². The number of carbonyl (C=O) groups excluding carboxylic acids is 4. The molecule has 0 aliphatic carbocycles. The maximum Gasteiger partial charge on any atom is 0.338 e. The van der Waals surface area contributed by atoms with Crippen LogP contribution in [-0.4, -0.2) is 119 Å². The number of anilines is 2. The van der Waals surface area contributed by atoms with Crippen molar-refractivity contribution in [1.82, 2.24) is 48.7 Å². The molecule has 5 aromatic rings. The first-order valence-corrected chi connectivity index (χ1v) is 18.7. The van der Waals surface area contributed by atoms with Crippen molar-refractivity contribution in [2.24, 2.45) is 0 Å². The van der Waals surface area contributed by atoms with Gasteiger partial charge >= 0.3 is 24.1 Å². The highest BCUT2D eigenvalue weighted by atomic mass is 127. The van der Waals surface area contributed by atoms with Gasteiger partial charge in [0.25, 0.3) is 0 Å². The number of likely N-dealkylation sites (tertiary alicyclic amines) is 1. The second-order valence-corrected chi connectivity index (χ2v) is 13.7. The number of nitrogens with one attached hydrogen (secondary N) is 3. The molecule has 0 spiro atoms. The molecule has 2 fully saturated rings. The summed E-state index contributed by atoms with van der Waals surface area (Å²) in [5.41, 5.74) is 4.29. The predicted molar refractivity (Wildman–Crippen MR) is 223 cm³/mol. The highest BCUT2D eigenvalue weighted by Crippen LogP contribution is 2.25. The van der Waals surface area contributed by atoms with Crippen LogP contribution in [0, 0.1) is 0 Å². The highest BCUT2D eigenvalue weighted by molar-refractivity contribution is 14.0. The molecule has 4 aliphatic rings. The Labute approximate surface area is 343 Å². The number of carbonyl (C=O) groups is 4. The molecule has 2 aromatic carbocycles. The van der Waals surface area contributed by atoms with Gasteiger partial charge in [0.1, 0.15) is 19.0 Å². The van der Waals surface area contributed by atoms with Gasteiger partial charge in [0, 0.05) is 88.2 Å². The van der Waals surface area contributed by atoms with Crippen LogP contribution in [0.5, 0.6) is 0 Å². The maximum absolute atomic E-state index is 12.6. The van der Waals surface area contributed by atoms with E-state index in [1.54, 1.807) is 37.2 Å². The Kier molecular flexibility index (Phi) is 13.9. The lowest BCUT2D eigenvalue weighted by Crippen LogP contribution is -2.50. The van der Waals surface area contributed by atoms with Crippen molar-refractivity contribution < 1.29 is 20.6 Å². The standard InChI is InChI=1S/C18H21N5O2.C14H19N3O.C7H6N4O.HI.H2/c24-17-20-16-4-2-1-3-14(16)5-11-23(17)15-6-9-21(10-7-15)18(25)22-12-8-19-13-22;18-14-16-13-4-2-1-3-11(13)7-10-17(14)12-5-8-15-9-6-12;12-7(10-3-1-8-5-10)11-4-2-9-6-11;;/h1-4,8,12-13,15H,5-7,9-11H2,(H,20,24);1-4,12,15H,5-10H2,(H,16,18);1-6H;2*1H. The van der Waals surface area contributed by atoms with Crippen LogP contribution in [0.25, 0.3) is 0 Å². The smallest absolute Gasteiger partial charge is 0.324 e. The van der Waals surface area contributed by atoms with E-state index in [0.29, 0.717) is 25.7 Å². The zero-order valence-corrected chi connectivity index (χ0v) is 33.4. The van der Waals surface area contributed by atoms with Crippen molar-refractivity contribution >= 4 is 59.5 Å². The first kappa shape index (κ1) is 40.1. The first-order chi connectivity index (χ1) is 26.9. The van der Waals surface area contributed by atoms with Gasteiger partial charge in [-0.3, -0.25) is 13.7 Å². The second-order valence-electron chi connectivity index (χ2n) is 13.7. The molecule has 4 aliphatic heterocycles. The SMILES string of the molecule is I.O=C(n1ccnc1)n1ccnc1.O=C1Nc2ccccc2CCN1C1CCN(C(=O)n2ccnc2)CC1.O=C1Nc2ccccc2CCN1C1CCNCC1.[HH]. The number of benzene rings is 2. The second kappa shape index (κ2) is 19.3. The van der Waals surface area contributed by atoms with Crippen molar-refractivity contribution in [2.45, 2.75) is 50.6 Å². The molecule has 56 heavy (non-hydrogen) atoms. The quantitative estimate of drug-likeness (QED) is 0.190. The molecule has 2 saturated heterocycles. The van der Waals surface area contributed by atoms with Crippen LogP contribution < -0.4 is 16.0 Å². The molecule has 296 valence electrons. The summed E-state index contributed by atoms with van der Waals surface area (Å²) in [5.74, 6) is 0. The molecule has 5 amide bonds. The number of aromatic nitrogens is 6. The van der Waals surface area contributed by atoms with E-state index in [1.165, 1.54) is 43.8 Å². The average molecular weight is 877 g/mol. The summed E-state index contributed by atoms with van der Waals surface area (Å²) in [6.45, 7) is 4.87. The number of amides is 5. The van der Waals surface area contributed by atoms with Crippen LogP contribution in [0.3, 0.4) is 0 Å². The Bertz CT molecular complexity index is 2000. The fourth-order valence-corrected chi connectivity index (χ4v) is 7.38. The Balaban J connectivity index is 0.000000170. The van der Waals surface area contributed by atoms with Crippen molar-refractivity contribution in [2.75, 3.05) is 49.9 Å². The van der Waals surface area contributed by atoms with Crippen molar-refractivity contribution in [3.05, 3.63) is 116 Å². The van der Waals surface area contributed by atoms with Crippen LogP contribution in [0.15, 0.2) is 105 Å². The molecular weight excluding hydrogens is 827 g/mol. The number of hydrogen-bond donors (Lipinski definition) is 3. The van der Waals surface area contributed by atoms with Crippen LogP contribution >= 0.6 is 24.0 Å². The monoisotopic (exact) mass is 876 g/mol. The molecule has 7 heterocycles. The van der Waals surface area contributed by atoms with Gasteiger partial charge in [-0.05, 0) is 74.9 Å². The maximum atomic E-state index is 12.6. The van der Waals surface area contributed by atoms with Gasteiger partial charge in [-0.2, -0.15) is 0 Å². The zero-order chi connectivity index (χ0) is 38.0. The summed E-state index contributed by atoms with van der Waals surface area (Å²) in [6, 6.07) is 16.4. The Morgan fingerprint density at radius 1 is 0.589 bits per heavy atom. The summed E-state index contributed by atoms with van der Waals surface area (Å²) in [7, 11) is 0. The van der Waals surface area contributed by atoms with Crippen molar-refractivity contribution in [1.29, 1.82) is 0 Å². The highest BCUT2D eigenvalue weighted by Gasteiger charge is 2.32. The molecule has 0 atom stereocenters. The zero-order valence-electron chi connectivity index (χ0n) is 31.0. The number of fused-ring (bicyclic) bond motifs is 2. The summed E-state index contributed by atoms with van der Waals surface area (Å²) in [4.78, 5) is 65.9. The summed E-state index contributed by atoms with van der Waals surface area (Å²) < 4.78 is 4.25. The van der Waals surface area contributed by atoms with Crippen LogP contribution in [0.4, 0.5) is 30.6 Å². The van der Waals surface area contributed by atoms with Gasteiger partial charge in [0.15, 0.2) is 0 Å². The van der Waals surface area contributed by atoms with E-state index in [-0.39, 0.29) is 55.6 Å². The Morgan fingerprint density at radius 2 is 1.02 bits per heavy atom. The first-order valence-electron chi connectivity index (χ1n) is 18.7. The van der Waals surface area contributed by atoms with Gasteiger partial charge in [0.2, 0.25) is 0 Å². The van der Waals surface area contributed by atoms with E-state index in [1.807, 2.05) is 51.1 Å². The minimum absolute atomic E-state index is 0. The molecule has 0 saturated carbocycles. The molecule has 9 rings (SSSR count). The minimum Gasteiger partial charge on any atom is -0.324 e. The van der Waals surface area contributed by atoms with Crippen LogP contribution in [0.2, 0.25) is 0 Å². The third-order valence-corrected chi connectivity index (χ3v) is 10.4. The summed E-state index contributed by atoms with van der Waals surface area (Å²) in [5, 5.41) is 9.40. The molecule has 3 N–H and O–H groups in total. The van der Waals surface area contributed by atoms with Gasteiger partial charge in [-0.25, -0.2) is 34.1 Å². The van der Waals surface area contributed by atoms with Crippen LogP contribution in [-0.2, 0) is 12.8 Å². The lowest BCUT2D eigenvalue weighted by Gasteiger charge is -2.37. The lowest BCUT2D eigenvalue weighted by atomic mass is 10.0. The lowest BCUT2D eigenvalue weighted by molar-refractivity contribution is 0.135. The van der Waals surface area contributed by atoms with Crippen LogP contribution in [0.1, 0.15) is 38.2 Å². The number of imidazole rings is 3. The fraction of sp³-hybridized carbons (Fsp3) is 0.359. The summed E-state index contributed by atoms with van der Waals surface area (Å²) in [6.07, 6.45) is 19.5. The molecule has 17 heteroatoms. The molecule has 0 bridgehead atoms. The minimum atomic E-state index is -0.190. The molecule has 0 unspecified atom stereocenters. The Hall–Kier alpha value is -5.56. The summed E-state index contributed by atoms with van der Waals surface area (Å²) >= 11 is 0. The largest absolute Gasteiger partial charge is 0.338 e. The predicted octanol–water partition coefficient (Wildman–Crippen LogP) is 5.69. The van der Waals surface area contributed by atoms with Crippen molar-refractivity contribution in [3.8, 4) is 0 Å². The van der Waals surface area contributed by atoms with Crippen molar-refractivity contribution in [3.63, 3.8) is 0 Å². The molecular formula is C39H49IN12O4. The number of para-hydroxylation sites is 2. The molecule has 0 radical (unpaired) electrons. The van der Waals surface area contributed by atoms with E-state index in [9.17, 15) is 19.2 Å². The van der Waals surface area contributed by atoms with E-state index in [4.69, 9.17) is 0 Å². The number of urea groups is 2. The normalized spacial score (nSPS) is 17.2. The number of nitrogens with zero attached hydrogens (tertiary/aromatic N) is 9. The molecule has 16 nitrogen and oxygen atoms in total. The third-order valence-electron chi connectivity index (χ3n) is 10.4. The average Bonchev–Trinajstić information content (AvgIpc) is 4.03. The number of halogens is 1. The van der Waals surface area contributed by atoms with Gasteiger partial charge in [-0.15, -0.1) is 24.0 Å². The molecule has 3 aromatic heterocycles. The third kappa shape index (κ3) is 9.81. The van der Waals surface area contributed by atoms with E-state index in [2.05, 4.69) is 43.0 Å². The van der Waals surface area contributed by atoms with E-state index >= 15 is 0 Å².